The summed E-state index contributed by atoms with van der Waals surface area (Å²) in [5.74, 6) is -4.22. The van der Waals surface area contributed by atoms with Gasteiger partial charge in [0.1, 0.15) is 0 Å². The Bertz CT molecular complexity index is 2210. The van der Waals surface area contributed by atoms with Crippen molar-refractivity contribution in [2.24, 2.45) is 11.8 Å². The van der Waals surface area contributed by atoms with E-state index in [2.05, 4.69) is 10.6 Å². The second kappa shape index (κ2) is 18.2. The predicted octanol–water partition coefficient (Wildman–Crippen LogP) is 11.8. The molecule has 4 aromatic rings. The Kier molecular flexibility index (Phi) is 12.7. The average Bonchev–Trinajstić information content (AvgIpc) is 4.00. The van der Waals surface area contributed by atoms with Crippen LogP contribution in [-0.4, -0.2) is 11.8 Å². The molecule has 0 aliphatic heterocycles. The van der Waals surface area contributed by atoms with Gasteiger partial charge in [0.15, 0.2) is 0 Å². The van der Waals surface area contributed by atoms with Gasteiger partial charge in [-0.25, -0.2) is 0 Å². The van der Waals surface area contributed by atoms with E-state index in [-0.39, 0.29) is 24.2 Å². The molecule has 4 aliphatic rings. The Morgan fingerprint density at radius 3 is 1.34 bits per heavy atom. The molecule has 9 heteroatoms. The third-order valence-corrected chi connectivity index (χ3v) is 20.9. The molecule has 4 aromatic carbocycles. The van der Waals surface area contributed by atoms with Crippen LogP contribution >= 0.6 is 0 Å². The molecule has 4 aliphatic carbocycles. The van der Waals surface area contributed by atoms with Crippen LogP contribution < -0.4 is 18.4 Å². The van der Waals surface area contributed by atoms with Gasteiger partial charge in [-0.15, -0.1) is 0 Å². The van der Waals surface area contributed by atoms with E-state index in [1.165, 1.54) is 25.0 Å². The van der Waals surface area contributed by atoms with E-state index in [9.17, 15) is 9.59 Å². The summed E-state index contributed by atoms with van der Waals surface area (Å²) in [4.78, 5) is 28.0. The van der Waals surface area contributed by atoms with Crippen molar-refractivity contribution in [3.05, 3.63) is 163 Å². The maximum absolute atomic E-state index is 17.6. The van der Waals surface area contributed by atoms with Crippen molar-refractivity contribution in [3.63, 3.8) is 0 Å². The number of allylic oxidation sites excluding steroid dienone is 8. The van der Waals surface area contributed by atoms with E-state index < -0.39 is 59.4 Å². The van der Waals surface area contributed by atoms with Crippen LogP contribution in [0.15, 0.2) is 117 Å². The zero-order chi connectivity index (χ0) is 40.9. The number of carbonyl (C=O) groups excluding carboxylic acids is 2. The maximum atomic E-state index is 17.6. The molecule has 0 radical (unpaired) electrons. The topological polar surface area (TPSA) is 58.2 Å². The molecule has 2 fully saturated rings. The van der Waals surface area contributed by atoms with Crippen molar-refractivity contribution >= 4 is 30.9 Å². The predicted molar refractivity (Wildman–Crippen MR) is 225 cm³/mol. The fourth-order valence-corrected chi connectivity index (χ4v) is 18.3. The van der Waals surface area contributed by atoms with Crippen LogP contribution in [0.2, 0.25) is 0 Å². The zero-order valence-corrected chi connectivity index (χ0v) is 34.8. The van der Waals surface area contributed by atoms with Crippen LogP contribution in [-0.2, 0) is 29.4 Å². The van der Waals surface area contributed by atoms with E-state index in [0.29, 0.717) is 30.7 Å². The number of amides is 2. The molecule has 0 bridgehead atoms. The molecule has 0 atom stereocenters. The minimum absolute atomic E-state index is 0.228. The third kappa shape index (κ3) is 8.36. The van der Waals surface area contributed by atoms with Gasteiger partial charge in [0.25, 0.3) is 0 Å². The number of carbonyl (C=O) groups is 2. The summed E-state index contributed by atoms with van der Waals surface area (Å²) in [7, 11) is 0. The number of hydrogen-bond donors (Lipinski definition) is 2. The molecule has 2 N–H and O–H groups in total. The fourth-order valence-electron chi connectivity index (χ4n) is 10.0. The standard InChI is InChI=1S/2C20H20F2NO.2C5H5.Ti/c2*21-16-10-11-19(18(22)13-16)23-20(24)17-9-5-4-8-15(17)12-14-6-2-1-3-7-14;2*1-2-4-5-3-1;/h2*4-5,8-11,14H,1-3,6-7,12H2,(H,23,24);2*1-3H,4H2;. The number of halogens is 4. The minimum atomic E-state index is -5.28. The summed E-state index contributed by atoms with van der Waals surface area (Å²) >= 11 is -5.28. The van der Waals surface area contributed by atoms with Gasteiger partial charge in [-0.3, -0.25) is 0 Å². The second-order valence-electron chi connectivity index (χ2n) is 16.6. The molecule has 0 heterocycles. The van der Waals surface area contributed by atoms with Crippen molar-refractivity contribution in [1.82, 2.24) is 0 Å². The Morgan fingerprint density at radius 1 is 0.542 bits per heavy atom. The molecule has 2 saturated carbocycles. The Balaban J connectivity index is 1.20. The summed E-state index contributed by atoms with van der Waals surface area (Å²) < 4.78 is 69.0. The fraction of sp³-hybridized carbons (Fsp3) is 0.320. The van der Waals surface area contributed by atoms with Gasteiger partial charge in [-0.1, -0.05) is 0 Å². The zero-order valence-electron chi connectivity index (χ0n) is 33.3. The first kappa shape index (κ1) is 41.0. The van der Waals surface area contributed by atoms with Gasteiger partial charge < -0.3 is 0 Å². The Labute approximate surface area is 347 Å². The van der Waals surface area contributed by atoms with Crippen molar-refractivity contribution in [3.8, 4) is 0 Å². The van der Waals surface area contributed by atoms with Crippen molar-refractivity contribution in [2.45, 2.75) is 89.9 Å². The molecule has 2 amide bonds. The van der Waals surface area contributed by atoms with Crippen LogP contribution in [0.3, 0.4) is 0 Å². The quantitative estimate of drug-likeness (QED) is 0.110. The van der Waals surface area contributed by atoms with Crippen LogP contribution in [0.1, 0.15) is 109 Å². The molecule has 0 spiro atoms. The van der Waals surface area contributed by atoms with Crippen LogP contribution in [0.25, 0.3) is 0 Å². The molecule has 8 rings (SSSR count). The molecule has 0 saturated heterocycles. The van der Waals surface area contributed by atoms with Crippen molar-refractivity contribution in [1.29, 1.82) is 0 Å². The second-order valence-corrected chi connectivity index (χ2v) is 22.5. The summed E-state index contributed by atoms with van der Waals surface area (Å²) in [6.07, 6.45) is 23.8. The molecular formula is C50H50F4N2O2Ti. The summed E-state index contributed by atoms with van der Waals surface area (Å²) in [5, 5.41) is 5.46. The molecule has 4 nitrogen and oxygen atoms in total. The van der Waals surface area contributed by atoms with Gasteiger partial charge in [-0.05, 0) is 0 Å². The summed E-state index contributed by atoms with van der Waals surface area (Å²) in [6.45, 7) is 0. The average molecular weight is 835 g/mol. The molecule has 0 aromatic heterocycles. The van der Waals surface area contributed by atoms with Gasteiger partial charge in [0, 0.05) is 0 Å². The number of anilines is 2. The summed E-state index contributed by atoms with van der Waals surface area (Å²) in [6, 6.07) is 19.1. The van der Waals surface area contributed by atoms with Gasteiger partial charge in [0.2, 0.25) is 0 Å². The Morgan fingerprint density at radius 2 is 0.949 bits per heavy atom. The van der Waals surface area contributed by atoms with Gasteiger partial charge >= 0.3 is 350 Å². The first-order valence-corrected chi connectivity index (χ1v) is 24.4. The number of hydrogen-bond acceptors (Lipinski definition) is 2. The number of benzene rings is 4. The molecule has 59 heavy (non-hydrogen) atoms. The van der Waals surface area contributed by atoms with E-state index >= 15 is 17.6 Å². The first-order chi connectivity index (χ1) is 28.8. The van der Waals surface area contributed by atoms with E-state index in [4.69, 9.17) is 0 Å². The van der Waals surface area contributed by atoms with Crippen molar-refractivity contribution in [2.75, 3.05) is 10.6 Å². The Hall–Kier alpha value is -4.79. The molecule has 0 unspecified atom stereocenters. The first-order valence-electron chi connectivity index (χ1n) is 21.2. The van der Waals surface area contributed by atoms with Crippen molar-refractivity contribution < 1.29 is 43.7 Å². The monoisotopic (exact) mass is 834 g/mol. The molecular weight excluding hydrogens is 784 g/mol. The van der Waals surface area contributed by atoms with Crippen LogP contribution in [0.4, 0.5) is 28.9 Å². The number of nitrogens with one attached hydrogen (secondary N) is 2. The number of rotatable bonds is 12. The van der Waals surface area contributed by atoms with E-state index in [1.54, 1.807) is 48.6 Å². The summed E-state index contributed by atoms with van der Waals surface area (Å²) in [5.41, 5.74) is 1.98. The molecule has 304 valence electrons. The van der Waals surface area contributed by atoms with Gasteiger partial charge in [0.05, 0.1) is 0 Å². The SMILES string of the molecule is O=C(Nc1ccc(F)[c]([Ti]([C]2=CC=CC2)([C]2=CC=CC2)[c]2c(F)ccc(NC(=O)c3ccccc3CC3CCCCC3)c2F)c1F)c1ccccc1CC1CCCCC1. The van der Waals surface area contributed by atoms with Crippen LogP contribution in [0.5, 0.6) is 0 Å². The van der Waals surface area contributed by atoms with E-state index in [1.807, 2.05) is 36.4 Å². The van der Waals surface area contributed by atoms with Gasteiger partial charge in [-0.2, -0.15) is 0 Å². The normalized spacial score (nSPS) is 17.2. The van der Waals surface area contributed by atoms with E-state index in [0.717, 1.165) is 87.5 Å². The third-order valence-electron chi connectivity index (χ3n) is 12.9. The van der Waals surface area contributed by atoms with Crippen LogP contribution in [0, 0.1) is 35.1 Å².